The van der Waals surface area contributed by atoms with E-state index in [9.17, 15) is 4.79 Å². The van der Waals surface area contributed by atoms with Crippen LogP contribution in [0.5, 0.6) is 0 Å². The lowest BCUT2D eigenvalue weighted by molar-refractivity contribution is -0.134. The summed E-state index contributed by atoms with van der Waals surface area (Å²) < 4.78 is 0. The normalized spacial score (nSPS) is 34.6. The van der Waals surface area contributed by atoms with E-state index in [4.69, 9.17) is 5.73 Å². The molecule has 0 radical (unpaired) electrons. The van der Waals surface area contributed by atoms with Crippen molar-refractivity contribution in [2.45, 2.75) is 50.7 Å². The molecule has 1 amide bonds. The van der Waals surface area contributed by atoms with Crippen LogP contribution in [0.2, 0.25) is 0 Å². The number of nitrogens with two attached hydrogens (primary N) is 1. The Hall–Kier alpha value is -0.320. The fourth-order valence-corrected chi connectivity index (χ4v) is 2.54. The maximum Gasteiger partial charge on any atom is 0.239 e. The van der Waals surface area contributed by atoms with Gasteiger partial charge in [-0.15, -0.1) is 12.4 Å². The SMILES string of the molecule is CC1C(N)CCN1C(=O)C1CCCCN1.Cl. The van der Waals surface area contributed by atoms with Crippen LogP contribution in [0.15, 0.2) is 0 Å². The van der Waals surface area contributed by atoms with Gasteiger partial charge in [0.2, 0.25) is 5.91 Å². The summed E-state index contributed by atoms with van der Waals surface area (Å²) in [6.07, 6.45) is 4.29. The first-order valence-electron chi connectivity index (χ1n) is 5.99. The van der Waals surface area contributed by atoms with Crippen molar-refractivity contribution in [2.24, 2.45) is 5.73 Å². The van der Waals surface area contributed by atoms with Crippen molar-refractivity contribution in [1.29, 1.82) is 0 Å². The average molecular weight is 248 g/mol. The van der Waals surface area contributed by atoms with Crippen LogP contribution in [0, 0.1) is 0 Å². The number of hydrogen-bond acceptors (Lipinski definition) is 3. The van der Waals surface area contributed by atoms with Crippen LogP contribution in [-0.4, -0.2) is 42.0 Å². The second-order valence-electron chi connectivity index (χ2n) is 4.73. The van der Waals surface area contributed by atoms with Gasteiger partial charge in [-0.05, 0) is 32.7 Å². The summed E-state index contributed by atoms with van der Waals surface area (Å²) in [4.78, 5) is 14.1. The molecular weight excluding hydrogens is 226 g/mol. The third-order valence-corrected chi connectivity index (χ3v) is 3.71. The minimum Gasteiger partial charge on any atom is -0.337 e. The predicted molar refractivity (Wildman–Crippen MR) is 66.7 cm³/mol. The Labute approximate surface area is 103 Å². The Morgan fingerprint density at radius 1 is 1.38 bits per heavy atom. The highest BCUT2D eigenvalue weighted by Gasteiger charge is 2.35. The Bertz CT molecular complexity index is 243. The highest BCUT2D eigenvalue weighted by atomic mass is 35.5. The zero-order chi connectivity index (χ0) is 10.8. The van der Waals surface area contributed by atoms with Crippen LogP contribution in [0.3, 0.4) is 0 Å². The van der Waals surface area contributed by atoms with E-state index in [2.05, 4.69) is 12.2 Å². The summed E-state index contributed by atoms with van der Waals surface area (Å²) in [7, 11) is 0. The van der Waals surface area contributed by atoms with Gasteiger partial charge in [-0.3, -0.25) is 4.79 Å². The van der Waals surface area contributed by atoms with Gasteiger partial charge in [0, 0.05) is 18.6 Å². The van der Waals surface area contributed by atoms with Gasteiger partial charge < -0.3 is 16.0 Å². The molecule has 2 rings (SSSR count). The smallest absolute Gasteiger partial charge is 0.239 e. The van der Waals surface area contributed by atoms with Crippen LogP contribution in [0.4, 0.5) is 0 Å². The molecule has 2 aliphatic heterocycles. The molecule has 2 aliphatic rings. The van der Waals surface area contributed by atoms with Crippen LogP contribution >= 0.6 is 12.4 Å². The molecule has 0 aromatic carbocycles. The topological polar surface area (TPSA) is 58.4 Å². The van der Waals surface area contributed by atoms with Crippen molar-refractivity contribution in [3.05, 3.63) is 0 Å². The number of halogens is 1. The van der Waals surface area contributed by atoms with Gasteiger partial charge in [-0.2, -0.15) is 0 Å². The van der Waals surface area contributed by atoms with Gasteiger partial charge in [0.1, 0.15) is 0 Å². The molecule has 0 aliphatic carbocycles. The molecule has 0 aromatic heterocycles. The fourth-order valence-electron chi connectivity index (χ4n) is 2.54. The van der Waals surface area contributed by atoms with Gasteiger partial charge in [-0.1, -0.05) is 6.42 Å². The lowest BCUT2D eigenvalue weighted by Gasteiger charge is -2.30. The van der Waals surface area contributed by atoms with E-state index >= 15 is 0 Å². The number of carbonyl (C=O) groups excluding carboxylic acids is 1. The third kappa shape index (κ3) is 2.67. The average Bonchev–Trinajstić information content (AvgIpc) is 2.60. The second kappa shape index (κ2) is 5.84. The Kier molecular flexibility index (Phi) is 5.02. The van der Waals surface area contributed by atoms with Crippen LogP contribution in [0.25, 0.3) is 0 Å². The van der Waals surface area contributed by atoms with Gasteiger partial charge in [0.25, 0.3) is 0 Å². The Balaban J connectivity index is 0.00000128. The van der Waals surface area contributed by atoms with E-state index in [1.807, 2.05) is 4.90 Å². The van der Waals surface area contributed by atoms with Crippen LogP contribution in [-0.2, 0) is 4.79 Å². The van der Waals surface area contributed by atoms with Gasteiger partial charge in [0.05, 0.1) is 6.04 Å². The fraction of sp³-hybridized carbons (Fsp3) is 0.909. The molecule has 16 heavy (non-hydrogen) atoms. The third-order valence-electron chi connectivity index (χ3n) is 3.71. The number of piperidine rings is 1. The predicted octanol–water partition coefficient (Wildman–Crippen LogP) is 0.498. The quantitative estimate of drug-likeness (QED) is 0.710. The number of carbonyl (C=O) groups is 1. The molecular formula is C11H22ClN3O. The summed E-state index contributed by atoms with van der Waals surface area (Å²) >= 11 is 0. The van der Waals surface area contributed by atoms with Crippen LogP contribution in [0.1, 0.15) is 32.6 Å². The van der Waals surface area contributed by atoms with E-state index in [0.29, 0.717) is 0 Å². The molecule has 2 saturated heterocycles. The van der Waals surface area contributed by atoms with Gasteiger partial charge in [0.15, 0.2) is 0 Å². The van der Waals surface area contributed by atoms with Crippen molar-refractivity contribution in [3.63, 3.8) is 0 Å². The molecule has 3 unspecified atom stereocenters. The van der Waals surface area contributed by atoms with E-state index in [-0.39, 0.29) is 36.4 Å². The zero-order valence-electron chi connectivity index (χ0n) is 9.82. The molecule has 3 atom stereocenters. The molecule has 2 fully saturated rings. The summed E-state index contributed by atoms with van der Waals surface area (Å²) in [5.74, 6) is 0.259. The number of hydrogen-bond donors (Lipinski definition) is 2. The molecule has 4 nitrogen and oxygen atoms in total. The first kappa shape index (κ1) is 13.7. The minimum absolute atomic E-state index is 0. The summed E-state index contributed by atoms with van der Waals surface area (Å²) in [6.45, 7) is 3.86. The maximum atomic E-state index is 12.2. The molecule has 0 spiro atoms. The number of amides is 1. The Morgan fingerprint density at radius 3 is 2.62 bits per heavy atom. The maximum absolute atomic E-state index is 12.2. The van der Waals surface area contributed by atoms with Crippen LogP contribution < -0.4 is 11.1 Å². The van der Waals surface area contributed by atoms with Crippen molar-refractivity contribution in [3.8, 4) is 0 Å². The lowest BCUT2D eigenvalue weighted by atomic mass is 10.0. The van der Waals surface area contributed by atoms with E-state index in [0.717, 1.165) is 32.4 Å². The standard InChI is InChI=1S/C11H21N3O.ClH/c1-8-9(12)5-7-14(8)11(15)10-4-2-3-6-13-10;/h8-10,13H,2-7,12H2,1H3;1H. The number of nitrogens with zero attached hydrogens (tertiary/aromatic N) is 1. The first-order chi connectivity index (χ1) is 7.20. The van der Waals surface area contributed by atoms with E-state index in [1.54, 1.807) is 0 Å². The summed E-state index contributed by atoms with van der Waals surface area (Å²) in [6, 6.07) is 0.422. The highest BCUT2D eigenvalue weighted by molar-refractivity contribution is 5.85. The minimum atomic E-state index is 0. The van der Waals surface area contributed by atoms with Crippen molar-refractivity contribution in [1.82, 2.24) is 10.2 Å². The molecule has 2 heterocycles. The number of nitrogens with one attached hydrogen (secondary N) is 1. The molecule has 0 saturated carbocycles. The summed E-state index contributed by atoms with van der Waals surface area (Å²) in [5, 5.41) is 3.30. The van der Waals surface area contributed by atoms with E-state index < -0.39 is 0 Å². The largest absolute Gasteiger partial charge is 0.337 e. The van der Waals surface area contributed by atoms with Gasteiger partial charge >= 0.3 is 0 Å². The van der Waals surface area contributed by atoms with Crippen molar-refractivity contribution in [2.75, 3.05) is 13.1 Å². The van der Waals surface area contributed by atoms with E-state index in [1.165, 1.54) is 6.42 Å². The summed E-state index contributed by atoms with van der Waals surface area (Å²) in [5.41, 5.74) is 5.92. The first-order valence-corrected chi connectivity index (χ1v) is 5.99. The molecule has 0 bridgehead atoms. The molecule has 5 heteroatoms. The molecule has 94 valence electrons. The zero-order valence-corrected chi connectivity index (χ0v) is 10.6. The number of likely N-dealkylation sites (tertiary alicyclic amines) is 1. The number of rotatable bonds is 1. The second-order valence-corrected chi connectivity index (χ2v) is 4.73. The lowest BCUT2D eigenvalue weighted by Crippen LogP contribution is -2.51. The monoisotopic (exact) mass is 247 g/mol. The Morgan fingerprint density at radius 2 is 2.12 bits per heavy atom. The highest BCUT2D eigenvalue weighted by Crippen LogP contribution is 2.19. The van der Waals surface area contributed by atoms with Crippen molar-refractivity contribution < 1.29 is 4.79 Å². The van der Waals surface area contributed by atoms with Gasteiger partial charge in [-0.25, -0.2) is 0 Å². The molecule has 3 N–H and O–H groups in total. The molecule has 0 aromatic rings. The van der Waals surface area contributed by atoms with Crippen molar-refractivity contribution >= 4 is 18.3 Å².